The summed E-state index contributed by atoms with van der Waals surface area (Å²) in [5.74, 6) is -0.741. The Bertz CT molecular complexity index is 307. The normalized spacial score (nSPS) is 24.4. The third-order valence-corrected chi connectivity index (χ3v) is 4.39. The topological polar surface area (TPSA) is 52.6 Å². The Labute approximate surface area is 123 Å². The van der Waals surface area contributed by atoms with Gasteiger partial charge < -0.3 is 10.0 Å². The van der Waals surface area contributed by atoms with E-state index in [-0.39, 0.29) is 6.04 Å². The maximum Gasteiger partial charge on any atom is 0.323 e. The van der Waals surface area contributed by atoms with Crippen LogP contribution in [0.1, 0.15) is 66.2 Å². The second kappa shape index (κ2) is 7.99. The second-order valence-electron chi connectivity index (χ2n) is 6.77. The van der Waals surface area contributed by atoms with Crippen molar-refractivity contribution in [1.82, 2.24) is 10.2 Å². The number of nitrogens with one attached hydrogen (secondary N) is 1. The summed E-state index contributed by atoms with van der Waals surface area (Å²) in [4.78, 5) is 14.0. The molecule has 20 heavy (non-hydrogen) atoms. The Morgan fingerprint density at radius 1 is 1.40 bits per heavy atom. The summed E-state index contributed by atoms with van der Waals surface area (Å²) in [6, 6.07) is 0.833. The quantitative estimate of drug-likeness (QED) is 0.755. The molecule has 0 aromatic heterocycles. The summed E-state index contributed by atoms with van der Waals surface area (Å²) in [5, 5.41) is 12.6. The molecule has 0 amide bonds. The Hall–Kier alpha value is -0.610. The van der Waals surface area contributed by atoms with Gasteiger partial charge in [0.2, 0.25) is 0 Å². The molecule has 2 N–H and O–H groups in total. The van der Waals surface area contributed by atoms with Crippen molar-refractivity contribution in [1.29, 1.82) is 0 Å². The lowest BCUT2D eigenvalue weighted by molar-refractivity contribution is -0.144. The summed E-state index contributed by atoms with van der Waals surface area (Å²) >= 11 is 0. The van der Waals surface area contributed by atoms with Gasteiger partial charge in [-0.3, -0.25) is 10.1 Å². The lowest BCUT2D eigenvalue weighted by Gasteiger charge is -2.31. The first kappa shape index (κ1) is 17.4. The molecule has 1 aliphatic rings. The third-order valence-electron chi connectivity index (χ3n) is 4.39. The van der Waals surface area contributed by atoms with Crippen LogP contribution in [0.15, 0.2) is 0 Å². The number of likely N-dealkylation sites (tertiary alicyclic amines) is 1. The van der Waals surface area contributed by atoms with Crippen molar-refractivity contribution in [2.75, 3.05) is 13.1 Å². The smallest absolute Gasteiger partial charge is 0.323 e. The van der Waals surface area contributed by atoms with Crippen molar-refractivity contribution < 1.29 is 9.90 Å². The molecule has 0 aromatic rings. The SMILES string of the molecule is CC(C)NC(C)(CCCN1CCCCCC1C)C(=O)O. The van der Waals surface area contributed by atoms with Gasteiger partial charge in [-0.05, 0) is 66.5 Å². The lowest BCUT2D eigenvalue weighted by atomic mass is 9.94. The fourth-order valence-electron chi connectivity index (χ4n) is 3.18. The van der Waals surface area contributed by atoms with Gasteiger partial charge in [-0.1, -0.05) is 12.8 Å². The summed E-state index contributed by atoms with van der Waals surface area (Å²) in [5.41, 5.74) is -0.802. The number of carbonyl (C=O) groups is 1. The van der Waals surface area contributed by atoms with Gasteiger partial charge in [-0.25, -0.2) is 0 Å². The van der Waals surface area contributed by atoms with E-state index < -0.39 is 11.5 Å². The summed E-state index contributed by atoms with van der Waals surface area (Å²) < 4.78 is 0. The van der Waals surface area contributed by atoms with Gasteiger partial charge in [0.05, 0.1) is 0 Å². The van der Waals surface area contributed by atoms with Crippen LogP contribution in [0, 0.1) is 0 Å². The molecule has 0 aromatic carbocycles. The molecule has 4 heteroatoms. The zero-order valence-electron chi connectivity index (χ0n) is 13.6. The van der Waals surface area contributed by atoms with E-state index in [9.17, 15) is 9.90 Å². The van der Waals surface area contributed by atoms with Crippen LogP contribution >= 0.6 is 0 Å². The molecule has 118 valence electrons. The predicted molar refractivity (Wildman–Crippen MR) is 83.0 cm³/mol. The van der Waals surface area contributed by atoms with Gasteiger partial charge >= 0.3 is 5.97 Å². The van der Waals surface area contributed by atoms with Crippen molar-refractivity contribution in [3.05, 3.63) is 0 Å². The maximum absolute atomic E-state index is 11.5. The van der Waals surface area contributed by atoms with Crippen LogP contribution in [-0.2, 0) is 4.79 Å². The minimum Gasteiger partial charge on any atom is -0.480 e. The van der Waals surface area contributed by atoms with Gasteiger partial charge in [0.25, 0.3) is 0 Å². The fourth-order valence-corrected chi connectivity index (χ4v) is 3.18. The highest BCUT2D eigenvalue weighted by Crippen LogP contribution is 2.19. The fraction of sp³-hybridized carbons (Fsp3) is 0.938. The third kappa shape index (κ3) is 5.41. The first-order chi connectivity index (χ1) is 9.35. The molecule has 0 spiro atoms. The molecule has 1 fully saturated rings. The summed E-state index contributed by atoms with van der Waals surface area (Å²) in [6.45, 7) is 10.3. The van der Waals surface area contributed by atoms with Crippen molar-refractivity contribution in [3.63, 3.8) is 0 Å². The highest BCUT2D eigenvalue weighted by atomic mass is 16.4. The van der Waals surface area contributed by atoms with Crippen molar-refractivity contribution in [2.45, 2.75) is 83.8 Å². The second-order valence-corrected chi connectivity index (χ2v) is 6.77. The Kier molecular flexibility index (Phi) is 6.96. The Balaban J connectivity index is 2.45. The van der Waals surface area contributed by atoms with E-state index in [0.717, 1.165) is 13.0 Å². The Morgan fingerprint density at radius 2 is 2.10 bits per heavy atom. The van der Waals surface area contributed by atoms with Crippen LogP contribution in [0.4, 0.5) is 0 Å². The number of hydrogen-bond donors (Lipinski definition) is 2. The van der Waals surface area contributed by atoms with Crippen molar-refractivity contribution >= 4 is 5.97 Å². The van der Waals surface area contributed by atoms with Crippen LogP contribution in [0.25, 0.3) is 0 Å². The molecule has 1 heterocycles. The van der Waals surface area contributed by atoms with Gasteiger partial charge in [-0.2, -0.15) is 0 Å². The molecule has 1 saturated heterocycles. The number of nitrogens with zero attached hydrogens (tertiary/aromatic N) is 1. The van der Waals surface area contributed by atoms with E-state index in [1.54, 1.807) is 6.92 Å². The molecule has 2 unspecified atom stereocenters. The minimum absolute atomic E-state index is 0.188. The summed E-state index contributed by atoms with van der Waals surface area (Å²) in [7, 11) is 0. The van der Waals surface area contributed by atoms with Crippen molar-refractivity contribution in [3.8, 4) is 0 Å². The van der Waals surface area contributed by atoms with Gasteiger partial charge in [0, 0.05) is 12.1 Å². The van der Waals surface area contributed by atoms with Crippen LogP contribution in [-0.4, -0.2) is 46.7 Å². The number of carboxylic acid groups (broad SMARTS) is 1. The monoisotopic (exact) mass is 284 g/mol. The minimum atomic E-state index is -0.802. The molecule has 0 aliphatic carbocycles. The first-order valence-electron chi connectivity index (χ1n) is 8.10. The molecule has 0 saturated carbocycles. The van der Waals surface area contributed by atoms with E-state index >= 15 is 0 Å². The van der Waals surface area contributed by atoms with E-state index in [4.69, 9.17) is 0 Å². The van der Waals surface area contributed by atoms with Crippen LogP contribution in [0.5, 0.6) is 0 Å². The predicted octanol–water partition coefficient (Wildman–Crippen LogP) is 2.87. The molecule has 0 bridgehead atoms. The number of carboxylic acids is 1. The highest BCUT2D eigenvalue weighted by Gasteiger charge is 2.33. The largest absolute Gasteiger partial charge is 0.480 e. The summed E-state index contributed by atoms with van der Waals surface area (Å²) in [6.07, 6.45) is 6.85. The molecule has 2 atom stereocenters. The molecule has 1 rings (SSSR count). The maximum atomic E-state index is 11.5. The first-order valence-corrected chi connectivity index (χ1v) is 8.10. The molecule has 4 nitrogen and oxygen atoms in total. The number of rotatable bonds is 7. The van der Waals surface area contributed by atoms with Crippen LogP contribution in [0.3, 0.4) is 0 Å². The lowest BCUT2D eigenvalue weighted by Crippen LogP contribution is -2.52. The zero-order valence-corrected chi connectivity index (χ0v) is 13.6. The van der Waals surface area contributed by atoms with Gasteiger partial charge in [0.15, 0.2) is 0 Å². The molecular formula is C16H32N2O2. The van der Waals surface area contributed by atoms with Gasteiger partial charge in [0.1, 0.15) is 5.54 Å². The molecule has 1 aliphatic heterocycles. The Morgan fingerprint density at radius 3 is 2.70 bits per heavy atom. The number of hydrogen-bond acceptors (Lipinski definition) is 3. The van der Waals surface area contributed by atoms with Crippen molar-refractivity contribution in [2.24, 2.45) is 0 Å². The van der Waals surface area contributed by atoms with E-state index in [2.05, 4.69) is 17.1 Å². The van der Waals surface area contributed by atoms with E-state index in [0.29, 0.717) is 12.5 Å². The van der Waals surface area contributed by atoms with E-state index in [1.807, 2.05) is 13.8 Å². The molecular weight excluding hydrogens is 252 g/mol. The number of aliphatic carboxylic acids is 1. The standard InChI is InChI=1S/C16H32N2O2/c1-13(2)17-16(4,15(19)20)10-8-12-18-11-7-5-6-9-14(18)3/h13-14,17H,5-12H2,1-4H3,(H,19,20). The van der Waals surface area contributed by atoms with Gasteiger partial charge in [-0.15, -0.1) is 0 Å². The zero-order chi connectivity index (χ0) is 15.2. The molecule has 0 radical (unpaired) electrons. The highest BCUT2D eigenvalue weighted by molar-refractivity contribution is 5.78. The van der Waals surface area contributed by atoms with Crippen LogP contribution in [0.2, 0.25) is 0 Å². The average molecular weight is 284 g/mol. The van der Waals surface area contributed by atoms with E-state index in [1.165, 1.54) is 32.2 Å². The average Bonchev–Trinajstić information content (AvgIpc) is 2.53. The van der Waals surface area contributed by atoms with Crippen LogP contribution < -0.4 is 5.32 Å².